The fraction of sp³-hybridized carbons (Fsp3) is 0.0882. The van der Waals surface area contributed by atoms with Crippen LogP contribution in [0.3, 0.4) is 0 Å². The van der Waals surface area contributed by atoms with Crippen molar-refractivity contribution in [1.29, 1.82) is 0 Å². The summed E-state index contributed by atoms with van der Waals surface area (Å²) < 4.78 is 63.5. The molecule has 0 aliphatic heterocycles. The van der Waals surface area contributed by atoms with E-state index in [0.717, 1.165) is 25.3 Å². The summed E-state index contributed by atoms with van der Waals surface area (Å²) in [6.07, 6.45) is 0. The Labute approximate surface area is 271 Å². The van der Waals surface area contributed by atoms with Gasteiger partial charge in [-0.05, 0) is 74.0 Å². The summed E-state index contributed by atoms with van der Waals surface area (Å²) in [5.74, 6) is -0.851. The number of aromatic carboxylic acids is 1. The van der Waals surface area contributed by atoms with Crippen molar-refractivity contribution >= 4 is 51.3 Å². The van der Waals surface area contributed by atoms with E-state index in [1.165, 1.54) is 36.4 Å². The molecule has 0 spiro atoms. The molecule has 0 aliphatic carbocycles. The average Bonchev–Trinajstić information content (AvgIpc) is 3.03. The van der Waals surface area contributed by atoms with E-state index in [-0.39, 0.29) is 46.5 Å². The minimum Gasteiger partial charge on any atom is -0.755 e. The van der Waals surface area contributed by atoms with Crippen LogP contribution >= 0.6 is 0 Å². The predicted molar refractivity (Wildman–Crippen MR) is 175 cm³/mol. The number of carbonyl (C=O) groups is 1. The third kappa shape index (κ3) is 7.61. The molecule has 0 saturated heterocycles. The van der Waals surface area contributed by atoms with E-state index in [1.807, 2.05) is 44.2 Å². The molecule has 2 atom stereocenters. The Hall–Kier alpha value is -5.01. The van der Waals surface area contributed by atoms with Crippen LogP contribution < -0.4 is 18.1 Å². The van der Waals surface area contributed by atoms with Gasteiger partial charge in [-0.15, -0.1) is 0 Å². The zero-order valence-electron chi connectivity index (χ0n) is 24.7. The van der Waals surface area contributed by atoms with Gasteiger partial charge < -0.3 is 23.7 Å². The van der Waals surface area contributed by atoms with E-state index in [1.54, 1.807) is 48.5 Å². The molecule has 0 aromatic heterocycles. The molecule has 5 aromatic carbocycles. The van der Waals surface area contributed by atoms with E-state index in [0.29, 0.717) is 5.69 Å². The molecule has 0 saturated carbocycles. The molecular formula is C34H28N2O8S2-2. The highest BCUT2D eigenvalue weighted by Gasteiger charge is 2.21. The van der Waals surface area contributed by atoms with Gasteiger partial charge in [-0.3, -0.25) is 17.0 Å². The molecule has 236 valence electrons. The van der Waals surface area contributed by atoms with Crippen molar-refractivity contribution in [3.05, 3.63) is 138 Å². The highest BCUT2D eigenvalue weighted by molar-refractivity contribution is 7.81. The van der Waals surface area contributed by atoms with Crippen LogP contribution in [0.15, 0.2) is 115 Å². The third-order valence-electron chi connectivity index (χ3n) is 6.88. The number of hydrogen-bond acceptors (Lipinski definition) is 7. The van der Waals surface area contributed by atoms with Crippen LogP contribution in [-0.2, 0) is 29.1 Å². The molecule has 5 aromatic rings. The van der Waals surface area contributed by atoms with Crippen LogP contribution in [0, 0.1) is 13.8 Å². The molecule has 0 fully saturated rings. The van der Waals surface area contributed by atoms with Crippen molar-refractivity contribution in [3.8, 4) is 17.2 Å². The highest BCUT2D eigenvalue weighted by atomic mass is 32.2. The first-order chi connectivity index (χ1) is 22.1. The molecule has 0 radical (unpaired) electrons. The molecule has 2 unspecified atom stereocenters. The summed E-state index contributed by atoms with van der Waals surface area (Å²) in [6, 6.07) is 31.4. The standard InChI is InChI=1S/C34H30N2O8S2/c1-23-8-12-26(13-9-23)35(45(39)40)31-18-16-28(20-30(31)34(37)38)44-29-17-19-32(33(21-29)43-22-25-6-4-3-5-7-25)36(46(41)42)27-14-10-24(2)11-15-27/h3-21H,22H2,1-2H3,(H,37,38)(H,39,40)(H,41,42)/p-2. The number of anilines is 4. The summed E-state index contributed by atoms with van der Waals surface area (Å²) in [5, 5.41) is 10.0. The lowest BCUT2D eigenvalue weighted by molar-refractivity contribution is 0.0697. The largest absolute Gasteiger partial charge is 0.755 e. The van der Waals surface area contributed by atoms with Gasteiger partial charge >= 0.3 is 5.97 Å². The van der Waals surface area contributed by atoms with Crippen LogP contribution in [0.4, 0.5) is 22.7 Å². The molecule has 0 aliphatic rings. The van der Waals surface area contributed by atoms with Crippen LogP contribution in [0.25, 0.3) is 0 Å². The first-order valence-electron chi connectivity index (χ1n) is 13.9. The van der Waals surface area contributed by atoms with Crippen molar-refractivity contribution in [2.45, 2.75) is 20.5 Å². The molecule has 12 heteroatoms. The molecule has 5 rings (SSSR count). The van der Waals surface area contributed by atoms with Crippen molar-refractivity contribution in [3.63, 3.8) is 0 Å². The zero-order chi connectivity index (χ0) is 32.8. The fourth-order valence-corrected chi connectivity index (χ4v) is 5.83. The van der Waals surface area contributed by atoms with E-state index in [2.05, 4.69) is 0 Å². The number of rotatable bonds is 12. The number of benzene rings is 5. The maximum atomic E-state index is 12.5. The Morgan fingerprint density at radius 1 is 0.696 bits per heavy atom. The number of aryl methyl sites for hydroxylation is 2. The quantitative estimate of drug-likeness (QED) is 0.139. The Kier molecular flexibility index (Phi) is 10.1. The van der Waals surface area contributed by atoms with Crippen LogP contribution in [-0.4, -0.2) is 28.6 Å². The minimum absolute atomic E-state index is 0.0778. The number of ether oxygens (including phenoxy) is 2. The van der Waals surface area contributed by atoms with Gasteiger partial charge in [-0.2, -0.15) is 0 Å². The van der Waals surface area contributed by atoms with Gasteiger partial charge in [-0.1, -0.05) is 65.7 Å². The number of carboxylic acids is 1. The van der Waals surface area contributed by atoms with Crippen molar-refractivity contribution in [2.75, 3.05) is 8.61 Å². The lowest BCUT2D eigenvalue weighted by Gasteiger charge is -2.29. The first kappa shape index (κ1) is 32.4. The van der Waals surface area contributed by atoms with Crippen LogP contribution in [0.2, 0.25) is 0 Å². The molecule has 0 bridgehead atoms. The maximum Gasteiger partial charge on any atom is 0.337 e. The fourth-order valence-electron chi connectivity index (χ4n) is 4.61. The number of carboxylic acid groups (broad SMARTS) is 1. The second kappa shape index (κ2) is 14.4. The summed E-state index contributed by atoms with van der Waals surface area (Å²) in [6.45, 7) is 3.87. The summed E-state index contributed by atoms with van der Waals surface area (Å²) >= 11 is -5.54. The predicted octanol–water partition coefficient (Wildman–Crippen LogP) is 7.24. The lowest BCUT2D eigenvalue weighted by Crippen LogP contribution is -2.22. The van der Waals surface area contributed by atoms with E-state index in [9.17, 15) is 27.4 Å². The SMILES string of the molecule is Cc1ccc(N(c2ccc(Oc3ccc(N(c4ccc(C)cc4)S(=O)[O-])c(C(=O)O)c3)cc2OCc2ccccc2)S(=O)[O-])cc1. The second-order valence-electron chi connectivity index (χ2n) is 10.2. The molecule has 1 N–H and O–H groups in total. The van der Waals surface area contributed by atoms with Crippen LogP contribution in [0.1, 0.15) is 27.0 Å². The van der Waals surface area contributed by atoms with Gasteiger partial charge in [0, 0.05) is 6.07 Å². The Morgan fingerprint density at radius 2 is 1.20 bits per heavy atom. The smallest absolute Gasteiger partial charge is 0.337 e. The first-order valence-corrected chi connectivity index (χ1v) is 16.0. The average molecular weight is 657 g/mol. The van der Waals surface area contributed by atoms with E-state index < -0.39 is 28.5 Å². The van der Waals surface area contributed by atoms with Gasteiger partial charge in [-0.25, -0.2) is 4.79 Å². The van der Waals surface area contributed by atoms with Gasteiger partial charge in [0.15, 0.2) is 0 Å². The number of nitrogens with zero attached hydrogens (tertiary/aromatic N) is 2. The lowest BCUT2D eigenvalue weighted by atomic mass is 10.1. The van der Waals surface area contributed by atoms with Gasteiger partial charge in [0.1, 0.15) is 23.9 Å². The third-order valence-corrected chi connectivity index (χ3v) is 8.29. The Bertz CT molecular complexity index is 1880. The van der Waals surface area contributed by atoms with Crippen molar-refractivity contribution < 1.29 is 36.9 Å². The summed E-state index contributed by atoms with van der Waals surface area (Å²) in [7, 11) is 0. The second-order valence-corrected chi connectivity index (χ2v) is 11.8. The van der Waals surface area contributed by atoms with E-state index in [4.69, 9.17) is 9.47 Å². The molecule has 10 nitrogen and oxygen atoms in total. The van der Waals surface area contributed by atoms with Crippen molar-refractivity contribution in [1.82, 2.24) is 0 Å². The van der Waals surface area contributed by atoms with E-state index >= 15 is 0 Å². The van der Waals surface area contributed by atoms with Gasteiger partial charge in [0.2, 0.25) is 0 Å². The summed E-state index contributed by atoms with van der Waals surface area (Å²) in [4.78, 5) is 12.3. The normalized spacial score (nSPS) is 12.2. The monoisotopic (exact) mass is 656 g/mol. The van der Waals surface area contributed by atoms with Crippen molar-refractivity contribution in [2.24, 2.45) is 0 Å². The molecule has 0 amide bonds. The zero-order valence-corrected chi connectivity index (χ0v) is 26.3. The maximum absolute atomic E-state index is 12.5. The summed E-state index contributed by atoms with van der Waals surface area (Å²) in [5.41, 5.74) is 3.21. The topological polar surface area (TPSA) is 142 Å². The Morgan fingerprint density at radius 3 is 1.72 bits per heavy atom. The molecule has 0 heterocycles. The molecular weight excluding hydrogens is 629 g/mol. The molecule has 46 heavy (non-hydrogen) atoms. The highest BCUT2D eigenvalue weighted by Crippen LogP contribution is 2.40. The Balaban J connectivity index is 1.52. The minimum atomic E-state index is -2.83. The number of hydrogen-bond donors (Lipinski definition) is 1. The van der Waals surface area contributed by atoms with Crippen LogP contribution in [0.5, 0.6) is 17.2 Å². The van der Waals surface area contributed by atoms with Gasteiger partial charge in [0.05, 0.1) is 50.8 Å². The van der Waals surface area contributed by atoms with Gasteiger partial charge in [0.25, 0.3) is 0 Å².